The van der Waals surface area contributed by atoms with Gasteiger partial charge in [0.25, 0.3) is 0 Å². The third-order valence-corrected chi connectivity index (χ3v) is 3.20. The SMILES string of the molecule is COc1cc(N(C(C)C)C(C)C)ccc1Br. The summed E-state index contributed by atoms with van der Waals surface area (Å²) in [4.78, 5) is 2.37. The fourth-order valence-corrected chi connectivity index (χ4v) is 2.41. The minimum Gasteiger partial charge on any atom is -0.495 e. The predicted molar refractivity (Wildman–Crippen MR) is 73.4 cm³/mol. The van der Waals surface area contributed by atoms with Crippen molar-refractivity contribution in [2.24, 2.45) is 0 Å². The monoisotopic (exact) mass is 285 g/mol. The smallest absolute Gasteiger partial charge is 0.135 e. The van der Waals surface area contributed by atoms with Crippen molar-refractivity contribution < 1.29 is 4.74 Å². The number of nitrogens with zero attached hydrogens (tertiary/aromatic N) is 1. The average Bonchev–Trinajstić information content (AvgIpc) is 2.19. The highest BCUT2D eigenvalue weighted by Crippen LogP contribution is 2.31. The Bertz CT molecular complexity index is 342. The summed E-state index contributed by atoms with van der Waals surface area (Å²) in [6.07, 6.45) is 0. The fourth-order valence-electron chi connectivity index (χ4n) is 2.00. The topological polar surface area (TPSA) is 12.5 Å². The van der Waals surface area contributed by atoms with Gasteiger partial charge in [-0.05, 0) is 55.8 Å². The van der Waals surface area contributed by atoms with Crippen molar-refractivity contribution in [1.29, 1.82) is 0 Å². The summed E-state index contributed by atoms with van der Waals surface area (Å²) in [6, 6.07) is 7.18. The van der Waals surface area contributed by atoms with E-state index in [1.165, 1.54) is 5.69 Å². The maximum atomic E-state index is 5.32. The Morgan fingerprint density at radius 3 is 2.12 bits per heavy atom. The van der Waals surface area contributed by atoms with Gasteiger partial charge in [-0.3, -0.25) is 0 Å². The standard InChI is InChI=1S/C13H20BrNO/c1-9(2)15(10(3)4)11-6-7-12(14)13(8-11)16-5/h6-10H,1-5H3. The molecular formula is C13H20BrNO. The first-order valence-corrected chi connectivity index (χ1v) is 6.38. The molecule has 16 heavy (non-hydrogen) atoms. The van der Waals surface area contributed by atoms with Crippen molar-refractivity contribution >= 4 is 21.6 Å². The van der Waals surface area contributed by atoms with Gasteiger partial charge >= 0.3 is 0 Å². The second-order valence-corrected chi connectivity index (χ2v) is 5.27. The molecule has 0 aliphatic heterocycles. The van der Waals surface area contributed by atoms with E-state index < -0.39 is 0 Å². The molecule has 0 aromatic heterocycles. The molecule has 0 N–H and O–H groups in total. The van der Waals surface area contributed by atoms with Gasteiger partial charge in [0.05, 0.1) is 11.6 Å². The van der Waals surface area contributed by atoms with Crippen LogP contribution in [0.1, 0.15) is 27.7 Å². The van der Waals surface area contributed by atoms with Gasteiger partial charge in [-0.1, -0.05) is 0 Å². The molecule has 0 aliphatic rings. The molecule has 1 rings (SSSR count). The first-order chi connectivity index (χ1) is 7.47. The number of methoxy groups -OCH3 is 1. The van der Waals surface area contributed by atoms with Crippen molar-refractivity contribution in [3.63, 3.8) is 0 Å². The van der Waals surface area contributed by atoms with Crippen LogP contribution in [-0.2, 0) is 0 Å². The van der Waals surface area contributed by atoms with Gasteiger partial charge in [-0.25, -0.2) is 0 Å². The lowest BCUT2D eigenvalue weighted by molar-refractivity contribution is 0.412. The van der Waals surface area contributed by atoms with Gasteiger partial charge in [0.15, 0.2) is 0 Å². The van der Waals surface area contributed by atoms with Crippen LogP contribution in [0.5, 0.6) is 5.75 Å². The maximum absolute atomic E-state index is 5.32. The predicted octanol–water partition coefficient (Wildman–Crippen LogP) is 4.08. The van der Waals surface area contributed by atoms with Crippen LogP contribution in [0.4, 0.5) is 5.69 Å². The lowest BCUT2D eigenvalue weighted by Gasteiger charge is -2.33. The van der Waals surface area contributed by atoms with Crippen molar-refractivity contribution in [3.05, 3.63) is 22.7 Å². The van der Waals surface area contributed by atoms with Crippen LogP contribution in [0, 0.1) is 0 Å². The van der Waals surface area contributed by atoms with Crippen LogP contribution in [0.3, 0.4) is 0 Å². The molecule has 0 fully saturated rings. The Kier molecular flexibility index (Phi) is 4.66. The van der Waals surface area contributed by atoms with E-state index in [4.69, 9.17) is 4.74 Å². The van der Waals surface area contributed by atoms with Crippen molar-refractivity contribution in [3.8, 4) is 5.75 Å². The largest absolute Gasteiger partial charge is 0.495 e. The molecule has 3 heteroatoms. The molecule has 0 amide bonds. The Hall–Kier alpha value is -0.700. The van der Waals surface area contributed by atoms with Crippen molar-refractivity contribution in [2.45, 2.75) is 39.8 Å². The highest BCUT2D eigenvalue weighted by Gasteiger charge is 2.15. The van der Waals surface area contributed by atoms with E-state index >= 15 is 0 Å². The van der Waals surface area contributed by atoms with Crippen LogP contribution in [-0.4, -0.2) is 19.2 Å². The summed E-state index contributed by atoms with van der Waals surface area (Å²) >= 11 is 3.47. The van der Waals surface area contributed by atoms with E-state index in [1.807, 2.05) is 6.07 Å². The van der Waals surface area contributed by atoms with Crippen LogP contribution in [0.25, 0.3) is 0 Å². The van der Waals surface area contributed by atoms with Gasteiger partial charge in [0.1, 0.15) is 5.75 Å². The third-order valence-electron chi connectivity index (χ3n) is 2.55. The van der Waals surface area contributed by atoms with Crippen molar-refractivity contribution in [2.75, 3.05) is 12.0 Å². The Morgan fingerprint density at radius 2 is 1.69 bits per heavy atom. The zero-order valence-corrected chi connectivity index (χ0v) is 12.2. The molecule has 1 aromatic carbocycles. The molecule has 0 spiro atoms. The molecule has 0 radical (unpaired) electrons. The summed E-state index contributed by atoms with van der Waals surface area (Å²) in [5.74, 6) is 0.879. The zero-order chi connectivity index (χ0) is 12.3. The highest BCUT2D eigenvalue weighted by atomic mass is 79.9. The number of halogens is 1. The number of hydrogen-bond acceptors (Lipinski definition) is 2. The maximum Gasteiger partial charge on any atom is 0.135 e. The summed E-state index contributed by atoms with van der Waals surface area (Å²) in [7, 11) is 1.69. The minimum atomic E-state index is 0.478. The third kappa shape index (κ3) is 2.91. The number of rotatable bonds is 4. The van der Waals surface area contributed by atoms with Gasteiger partial charge in [0.2, 0.25) is 0 Å². The fraction of sp³-hybridized carbons (Fsp3) is 0.538. The van der Waals surface area contributed by atoms with Gasteiger partial charge < -0.3 is 9.64 Å². The number of hydrogen-bond donors (Lipinski definition) is 0. The summed E-state index contributed by atoms with van der Waals surface area (Å²) in [6.45, 7) is 8.81. The molecule has 2 nitrogen and oxygen atoms in total. The lowest BCUT2D eigenvalue weighted by Crippen LogP contribution is -2.36. The van der Waals surface area contributed by atoms with E-state index in [0.717, 1.165) is 10.2 Å². The molecule has 0 saturated carbocycles. The summed E-state index contributed by atoms with van der Waals surface area (Å²) < 4.78 is 6.31. The normalized spacial score (nSPS) is 11.0. The molecule has 1 aromatic rings. The minimum absolute atomic E-state index is 0.478. The molecule has 0 aliphatic carbocycles. The van der Waals surface area contributed by atoms with E-state index in [0.29, 0.717) is 12.1 Å². The van der Waals surface area contributed by atoms with E-state index in [1.54, 1.807) is 7.11 Å². The molecule has 0 unspecified atom stereocenters. The van der Waals surface area contributed by atoms with Crippen LogP contribution in [0.15, 0.2) is 22.7 Å². The van der Waals surface area contributed by atoms with E-state index in [2.05, 4.69) is 60.7 Å². The number of benzene rings is 1. The molecule has 90 valence electrons. The molecule has 0 atom stereocenters. The molecule has 0 bridgehead atoms. The average molecular weight is 286 g/mol. The molecular weight excluding hydrogens is 266 g/mol. The van der Waals surface area contributed by atoms with Crippen LogP contribution >= 0.6 is 15.9 Å². The summed E-state index contributed by atoms with van der Waals surface area (Å²) in [5.41, 5.74) is 1.20. The number of ether oxygens (including phenoxy) is 1. The Balaban J connectivity index is 3.10. The second-order valence-electron chi connectivity index (χ2n) is 4.41. The lowest BCUT2D eigenvalue weighted by atomic mass is 10.2. The van der Waals surface area contributed by atoms with Crippen LogP contribution < -0.4 is 9.64 Å². The van der Waals surface area contributed by atoms with Gasteiger partial charge in [-0.2, -0.15) is 0 Å². The van der Waals surface area contributed by atoms with Gasteiger partial charge in [0, 0.05) is 23.8 Å². The first kappa shape index (κ1) is 13.4. The van der Waals surface area contributed by atoms with Gasteiger partial charge in [-0.15, -0.1) is 0 Å². The molecule has 0 saturated heterocycles. The van der Waals surface area contributed by atoms with E-state index in [-0.39, 0.29) is 0 Å². The second kappa shape index (κ2) is 5.58. The highest BCUT2D eigenvalue weighted by molar-refractivity contribution is 9.10. The summed E-state index contributed by atoms with van der Waals surface area (Å²) in [5, 5.41) is 0. The number of anilines is 1. The Morgan fingerprint density at radius 1 is 1.12 bits per heavy atom. The zero-order valence-electron chi connectivity index (χ0n) is 10.6. The molecule has 0 heterocycles. The Labute approximate surface area is 107 Å². The first-order valence-electron chi connectivity index (χ1n) is 5.59. The van der Waals surface area contributed by atoms with Crippen molar-refractivity contribution in [1.82, 2.24) is 0 Å². The quantitative estimate of drug-likeness (QED) is 0.827. The van der Waals surface area contributed by atoms with Crippen LogP contribution in [0.2, 0.25) is 0 Å². The van der Waals surface area contributed by atoms with E-state index in [9.17, 15) is 0 Å².